The highest BCUT2D eigenvalue weighted by Gasteiger charge is 2.18. The number of rotatable bonds is 4. The zero-order chi connectivity index (χ0) is 13.8. The molecule has 19 heavy (non-hydrogen) atoms. The number of phenolic OH excluding ortho intramolecular Hbond substituents is 2. The predicted molar refractivity (Wildman–Crippen MR) is 72.9 cm³/mol. The van der Waals surface area contributed by atoms with Gasteiger partial charge in [-0.25, -0.2) is 0 Å². The Morgan fingerprint density at radius 1 is 0.947 bits per heavy atom. The largest absolute Gasteiger partial charge is 0.504 e. The highest BCUT2D eigenvalue weighted by atomic mass is 16.3. The van der Waals surface area contributed by atoms with Crippen LogP contribution in [0.5, 0.6) is 11.5 Å². The molecule has 4 heteroatoms. The number of benzene rings is 2. The summed E-state index contributed by atoms with van der Waals surface area (Å²) in [5.41, 5.74) is 7.50. The van der Waals surface area contributed by atoms with Crippen LogP contribution < -0.4 is 5.73 Å². The second-order valence-corrected chi connectivity index (χ2v) is 4.55. The van der Waals surface area contributed by atoms with E-state index in [1.807, 2.05) is 30.3 Å². The Balaban J connectivity index is 2.10. The first-order valence-electron chi connectivity index (χ1n) is 6.07. The number of hydrogen-bond donors (Lipinski definition) is 4. The van der Waals surface area contributed by atoms with E-state index in [2.05, 4.69) is 0 Å². The van der Waals surface area contributed by atoms with Crippen LogP contribution in [0.25, 0.3) is 0 Å². The van der Waals surface area contributed by atoms with E-state index < -0.39 is 12.1 Å². The van der Waals surface area contributed by atoms with Crippen molar-refractivity contribution in [1.29, 1.82) is 0 Å². The molecule has 2 unspecified atom stereocenters. The summed E-state index contributed by atoms with van der Waals surface area (Å²) >= 11 is 0. The molecule has 0 radical (unpaired) electrons. The van der Waals surface area contributed by atoms with Crippen molar-refractivity contribution in [2.24, 2.45) is 5.73 Å². The van der Waals surface area contributed by atoms with E-state index in [-0.39, 0.29) is 11.5 Å². The maximum atomic E-state index is 10.1. The molecule has 0 aliphatic heterocycles. The minimum absolute atomic E-state index is 0.215. The molecule has 0 amide bonds. The van der Waals surface area contributed by atoms with Gasteiger partial charge in [-0.05, 0) is 29.7 Å². The molecule has 0 spiro atoms. The Morgan fingerprint density at radius 2 is 1.63 bits per heavy atom. The lowest BCUT2D eigenvalue weighted by molar-refractivity contribution is 0.145. The van der Waals surface area contributed by atoms with Crippen LogP contribution in [-0.4, -0.2) is 21.4 Å². The van der Waals surface area contributed by atoms with Gasteiger partial charge in [-0.1, -0.05) is 36.4 Å². The van der Waals surface area contributed by atoms with Gasteiger partial charge in [0.1, 0.15) is 0 Å². The summed E-state index contributed by atoms with van der Waals surface area (Å²) in [6, 6.07) is 13.4. The number of phenols is 2. The minimum Gasteiger partial charge on any atom is -0.504 e. The van der Waals surface area contributed by atoms with E-state index in [0.717, 1.165) is 5.56 Å². The fourth-order valence-corrected chi connectivity index (χ4v) is 1.97. The first kappa shape index (κ1) is 13.4. The number of aliphatic hydroxyl groups is 1. The van der Waals surface area contributed by atoms with Crippen LogP contribution in [-0.2, 0) is 6.42 Å². The Morgan fingerprint density at radius 3 is 2.26 bits per heavy atom. The third-order valence-corrected chi connectivity index (χ3v) is 3.06. The quantitative estimate of drug-likeness (QED) is 0.629. The van der Waals surface area contributed by atoms with Gasteiger partial charge in [-0.15, -0.1) is 0 Å². The normalized spacial score (nSPS) is 14.0. The third kappa shape index (κ3) is 3.24. The zero-order valence-corrected chi connectivity index (χ0v) is 10.4. The molecular formula is C15H17NO3. The lowest BCUT2D eigenvalue weighted by Crippen LogP contribution is -2.30. The van der Waals surface area contributed by atoms with E-state index in [1.54, 1.807) is 6.07 Å². The molecule has 0 saturated carbocycles. The van der Waals surface area contributed by atoms with Crippen LogP contribution in [0.4, 0.5) is 0 Å². The van der Waals surface area contributed by atoms with Gasteiger partial charge in [-0.2, -0.15) is 0 Å². The number of aliphatic hydroxyl groups excluding tert-OH is 1. The van der Waals surface area contributed by atoms with E-state index in [4.69, 9.17) is 5.73 Å². The number of aromatic hydroxyl groups is 2. The predicted octanol–water partition coefficient (Wildman–Crippen LogP) is 1.70. The molecule has 0 fully saturated rings. The van der Waals surface area contributed by atoms with Gasteiger partial charge >= 0.3 is 0 Å². The summed E-state index contributed by atoms with van der Waals surface area (Å²) in [5.74, 6) is -0.476. The SMILES string of the molecule is NC(Cc1ccccc1)C(O)c1ccc(O)c(O)c1. The Bertz CT molecular complexity index is 542. The zero-order valence-electron chi connectivity index (χ0n) is 10.4. The molecule has 2 aromatic carbocycles. The summed E-state index contributed by atoms with van der Waals surface area (Å²) < 4.78 is 0. The van der Waals surface area contributed by atoms with Crippen molar-refractivity contribution >= 4 is 0 Å². The van der Waals surface area contributed by atoms with E-state index in [0.29, 0.717) is 12.0 Å². The van der Waals surface area contributed by atoms with Crippen LogP contribution in [0.15, 0.2) is 48.5 Å². The van der Waals surface area contributed by atoms with Crippen molar-refractivity contribution in [2.75, 3.05) is 0 Å². The summed E-state index contributed by atoms with van der Waals surface area (Å²) in [5, 5.41) is 28.8. The molecule has 2 atom stereocenters. The van der Waals surface area contributed by atoms with Crippen molar-refractivity contribution in [3.05, 3.63) is 59.7 Å². The van der Waals surface area contributed by atoms with E-state index in [9.17, 15) is 15.3 Å². The molecular weight excluding hydrogens is 242 g/mol. The first-order chi connectivity index (χ1) is 9.08. The van der Waals surface area contributed by atoms with Crippen molar-refractivity contribution in [2.45, 2.75) is 18.6 Å². The van der Waals surface area contributed by atoms with Crippen molar-refractivity contribution in [1.82, 2.24) is 0 Å². The molecule has 0 aromatic heterocycles. The maximum Gasteiger partial charge on any atom is 0.157 e. The van der Waals surface area contributed by atoms with Gasteiger partial charge in [-0.3, -0.25) is 0 Å². The summed E-state index contributed by atoms with van der Waals surface area (Å²) in [6.07, 6.45) is -0.365. The van der Waals surface area contributed by atoms with Crippen LogP contribution in [0.3, 0.4) is 0 Å². The summed E-state index contributed by atoms with van der Waals surface area (Å²) in [4.78, 5) is 0. The second kappa shape index (κ2) is 5.73. The fourth-order valence-electron chi connectivity index (χ4n) is 1.97. The minimum atomic E-state index is -0.897. The van der Waals surface area contributed by atoms with E-state index in [1.165, 1.54) is 12.1 Å². The molecule has 2 rings (SSSR count). The molecule has 100 valence electrons. The number of hydrogen-bond acceptors (Lipinski definition) is 4. The molecule has 4 nitrogen and oxygen atoms in total. The van der Waals surface area contributed by atoms with Gasteiger partial charge in [0.2, 0.25) is 0 Å². The molecule has 0 aliphatic rings. The molecule has 0 bridgehead atoms. The lowest BCUT2D eigenvalue weighted by atomic mass is 9.96. The monoisotopic (exact) mass is 259 g/mol. The van der Waals surface area contributed by atoms with Crippen LogP contribution in [0, 0.1) is 0 Å². The highest BCUT2D eigenvalue weighted by Crippen LogP contribution is 2.29. The van der Waals surface area contributed by atoms with Gasteiger partial charge in [0, 0.05) is 6.04 Å². The second-order valence-electron chi connectivity index (χ2n) is 4.55. The van der Waals surface area contributed by atoms with Gasteiger partial charge < -0.3 is 21.1 Å². The molecule has 0 aliphatic carbocycles. The standard InChI is InChI=1S/C15H17NO3/c16-12(8-10-4-2-1-3-5-10)15(19)11-6-7-13(17)14(18)9-11/h1-7,9,12,15,17-19H,8,16H2. The number of nitrogens with two attached hydrogens (primary N) is 1. The Kier molecular flexibility index (Phi) is 4.04. The van der Waals surface area contributed by atoms with Gasteiger partial charge in [0.25, 0.3) is 0 Å². The van der Waals surface area contributed by atoms with Crippen LogP contribution >= 0.6 is 0 Å². The van der Waals surface area contributed by atoms with Crippen molar-refractivity contribution in [3.8, 4) is 11.5 Å². The Labute approximate surface area is 111 Å². The van der Waals surface area contributed by atoms with Crippen molar-refractivity contribution in [3.63, 3.8) is 0 Å². The molecule has 2 aromatic rings. The first-order valence-corrected chi connectivity index (χ1v) is 6.07. The van der Waals surface area contributed by atoms with Crippen LogP contribution in [0.2, 0.25) is 0 Å². The lowest BCUT2D eigenvalue weighted by Gasteiger charge is -2.19. The summed E-state index contributed by atoms with van der Waals surface area (Å²) in [6.45, 7) is 0. The van der Waals surface area contributed by atoms with Crippen molar-refractivity contribution < 1.29 is 15.3 Å². The van der Waals surface area contributed by atoms with Gasteiger partial charge in [0.05, 0.1) is 6.10 Å². The third-order valence-electron chi connectivity index (χ3n) is 3.06. The van der Waals surface area contributed by atoms with Crippen LogP contribution in [0.1, 0.15) is 17.2 Å². The topological polar surface area (TPSA) is 86.7 Å². The Hall–Kier alpha value is -2.04. The van der Waals surface area contributed by atoms with E-state index >= 15 is 0 Å². The fraction of sp³-hybridized carbons (Fsp3) is 0.200. The average molecular weight is 259 g/mol. The molecule has 0 heterocycles. The molecule has 0 saturated heterocycles. The molecule has 5 N–H and O–H groups in total. The maximum absolute atomic E-state index is 10.1. The smallest absolute Gasteiger partial charge is 0.157 e. The van der Waals surface area contributed by atoms with Gasteiger partial charge in [0.15, 0.2) is 11.5 Å². The summed E-state index contributed by atoms with van der Waals surface area (Å²) in [7, 11) is 0. The highest BCUT2D eigenvalue weighted by molar-refractivity contribution is 5.41. The average Bonchev–Trinajstić information content (AvgIpc) is 2.42.